The number of hydrogen-bond donors (Lipinski definition) is 1. The third-order valence-electron chi connectivity index (χ3n) is 6.30. The molecule has 4 aromatic rings. The summed E-state index contributed by atoms with van der Waals surface area (Å²) in [6.07, 6.45) is 3.02. The Hall–Kier alpha value is -3.52. The van der Waals surface area contributed by atoms with Crippen LogP contribution in [0.4, 0.5) is 0 Å². The molecule has 9 heteroatoms. The van der Waals surface area contributed by atoms with Gasteiger partial charge in [-0.3, -0.25) is 14.2 Å². The molecule has 2 aromatic carbocycles. The van der Waals surface area contributed by atoms with E-state index in [1.54, 1.807) is 45.5 Å². The number of aromatic nitrogens is 2. The van der Waals surface area contributed by atoms with Crippen molar-refractivity contribution in [1.29, 1.82) is 0 Å². The van der Waals surface area contributed by atoms with Crippen molar-refractivity contribution in [1.82, 2.24) is 19.4 Å². The lowest BCUT2D eigenvalue weighted by atomic mass is 10.0. The quantitative estimate of drug-likeness (QED) is 0.499. The van der Waals surface area contributed by atoms with Gasteiger partial charge >= 0.3 is 5.76 Å². The Morgan fingerprint density at radius 2 is 1.88 bits per heavy atom. The maximum absolute atomic E-state index is 13.4. The summed E-state index contributed by atoms with van der Waals surface area (Å²) in [5.41, 5.74) is 2.63. The number of para-hydroxylation sites is 2. The summed E-state index contributed by atoms with van der Waals surface area (Å²) in [7, 11) is 1.58. The number of carbonyl (C=O) groups is 2. The molecule has 1 aliphatic heterocycles. The first-order valence-corrected chi connectivity index (χ1v) is 11.2. The van der Waals surface area contributed by atoms with Crippen LogP contribution in [0.5, 0.6) is 0 Å². The summed E-state index contributed by atoms with van der Waals surface area (Å²) in [6.45, 7) is 1.13. The van der Waals surface area contributed by atoms with Crippen LogP contribution in [0.1, 0.15) is 29.2 Å². The van der Waals surface area contributed by atoms with Crippen LogP contribution in [0, 0.1) is 0 Å². The van der Waals surface area contributed by atoms with Crippen LogP contribution in [0.25, 0.3) is 22.0 Å². The average molecular weight is 467 g/mol. The Morgan fingerprint density at radius 3 is 2.64 bits per heavy atom. The second-order valence-corrected chi connectivity index (χ2v) is 8.67. The number of oxazole rings is 1. The van der Waals surface area contributed by atoms with E-state index < -0.39 is 0 Å². The third-order valence-corrected chi connectivity index (χ3v) is 6.54. The Morgan fingerprint density at radius 1 is 1.12 bits per heavy atom. The summed E-state index contributed by atoms with van der Waals surface area (Å²) in [5.74, 6) is -0.625. The number of benzene rings is 2. The second kappa shape index (κ2) is 8.44. The first-order valence-electron chi connectivity index (χ1n) is 10.8. The molecule has 2 aromatic heterocycles. The number of carbonyl (C=O) groups excluding carboxylic acids is 2. The third kappa shape index (κ3) is 3.80. The number of amides is 2. The van der Waals surface area contributed by atoms with Crippen LogP contribution in [0.15, 0.2) is 57.9 Å². The highest BCUT2D eigenvalue weighted by atomic mass is 35.5. The Kier molecular flexibility index (Phi) is 5.46. The fraction of sp³-hybridized carbons (Fsp3) is 0.292. The number of piperidine rings is 1. The van der Waals surface area contributed by atoms with E-state index in [-0.39, 0.29) is 30.2 Å². The van der Waals surface area contributed by atoms with Crippen molar-refractivity contribution >= 4 is 45.4 Å². The summed E-state index contributed by atoms with van der Waals surface area (Å²) in [4.78, 5) is 39.6. The van der Waals surface area contributed by atoms with Gasteiger partial charge in [-0.05, 0) is 37.1 Å². The van der Waals surface area contributed by atoms with E-state index in [1.807, 2.05) is 24.3 Å². The van der Waals surface area contributed by atoms with Crippen LogP contribution in [-0.4, -0.2) is 46.0 Å². The minimum atomic E-state index is -0.366. The molecule has 0 atom stereocenters. The van der Waals surface area contributed by atoms with Crippen molar-refractivity contribution < 1.29 is 14.0 Å². The van der Waals surface area contributed by atoms with E-state index in [0.717, 1.165) is 16.4 Å². The van der Waals surface area contributed by atoms with Gasteiger partial charge < -0.3 is 19.2 Å². The van der Waals surface area contributed by atoms with Gasteiger partial charge in [0, 0.05) is 42.8 Å². The van der Waals surface area contributed by atoms with Crippen molar-refractivity contribution in [3.05, 3.63) is 69.8 Å². The van der Waals surface area contributed by atoms with Gasteiger partial charge in [0.1, 0.15) is 6.54 Å². The highest BCUT2D eigenvalue weighted by molar-refractivity contribution is 6.31. The van der Waals surface area contributed by atoms with Gasteiger partial charge in [-0.2, -0.15) is 0 Å². The molecule has 0 spiro atoms. The molecule has 2 amide bonds. The van der Waals surface area contributed by atoms with E-state index in [4.69, 9.17) is 16.0 Å². The van der Waals surface area contributed by atoms with Crippen molar-refractivity contribution in [2.75, 3.05) is 20.1 Å². The predicted molar refractivity (Wildman–Crippen MR) is 126 cm³/mol. The smallest absolute Gasteiger partial charge is 0.408 e. The Balaban J connectivity index is 1.39. The van der Waals surface area contributed by atoms with E-state index in [1.165, 1.54) is 0 Å². The van der Waals surface area contributed by atoms with E-state index in [0.29, 0.717) is 42.1 Å². The highest BCUT2D eigenvalue weighted by Crippen LogP contribution is 2.29. The minimum Gasteiger partial charge on any atom is -0.408 e. The van der Waals surface area contributed by atoms with Gasteiger partial charge in [0.2, 0.25) is 5.91 Å². The highest BCUT2D eigenvalue weighted by Gasteiger charge is 2.29. The summed E-state index contributed by atoms with van der Waals surface area (Å²) in [6, 6.07) is 12.7. The molecule has 1 saturated heterocycles. The SMILES string of the molecule is CNC(=O)Cn1cc(C(=O)N2CCC(n3c(=O)oc4ccccc43)CC2)c2ccc(Cl)cc21. The molecule has 1 aliphatic rings. The van der Waals surface area contributed by atoms with Gasteiger partial charge in [-0.25, -0.2) is 4.79 Å². The Bertz CT molecular complexity index is 1430. The lowest BCUT2D eigenvalue weighted by Gasteiger charge is -2.32. The number of likely N-dealkylation sites (tertiary alicyclic amines) is 1. The van der Waals surface area contributed by atoms with Gasteiger partial charge in [0.15, 0.2) is 5.58 Å². The number of likely N-dealkylation sites (N-methyl/N-ethyl adjacent to an activating group) is 1. The average Bonchev–Trinajstić information content (AvgIpc) is 3.35. The molecule has 8 nitrogen and oxygen atoms in total. The molecule has 1 fully saturated rings. The number of fused-ring (bicyclic) bond motifs is 2. The zero-order valence-electron chi connectivity index (χ0n) is 18.1. The number of hydrogen-bond acceptors (Lipinski definition) is 4. The van der Waals surface area contributed by atoms with Crippen LogP contribution in [-0.2, 0) is 11.3 Å². The number of halogens is 1. The normalized spacial score (nSPS) is 14.8. The lowest BCUT2D eigenvalue weighted by Crippen LogP contribution is -2.40. The summed E-state index contributed by atoms with van der Waals surface area (Å²) in [5, 5.41) is 3.90. The molecule has 170 valence electrons. The van der Waals surface area contributed by atoms with E-state index in [2.05, 4.69) is 5.32 Å². The zero-order chi connectivity index (χ0) is 23.1. The monoisotopic (exact) mass is 466 g/mol. The fourth-order valence-electron chi connectivity index (χ4n) is 4.63. The van der Waals surface area contributed by atoms with Crippen LogP contribution >= 0.6 is 11.6 Å². The number of nitrogens with zero attached hydrogens (tertiary/aromatic N) is 3. The topological polar surface area (TPSA) is 89.5 Å². The van der Waals surface area contributed by atoms with Gasteiger partial charge in [0.25, 0.3) is 5.91 Å². The molecule has 1 N–H and O–H groups in total. The maximum atomic E-state index is 13.4. The second-order valence-electron chi connectivity index (χ2n) is 8.23. The first-order chi connectivity index (χ1) is 16.0. The molecule has 5 rings (SSSR count). The molecular weight excluding hydrogens is 444 g/mol. The maximum Gasteiger partial charge on any atom is 0.420 e. The minimum absolute atomic E-state index is 0.0291. The first kappa shape index (κ1) is 21.3. The van der Waals surface area contributed by atoms with Crippen molar-refractivity contribution in [3.63, 3.8) is 0 Å². The zero-order valence-corrected chi connectivity index (χ0v) is 18.8. The summed E-state index contributed by atoms with van der Waals surface area (Å²) < 4.78 is 8.83. The molecule has 33 heavy (non-hydrogen) atoms. The molecule has 0 bridgehead atoms. The van der Waals surface area contributed by atoms with Crippen molar-refractivity contribution in [3.8, 4) is 0 Å². The van der Waals surface area contributed by atoms with Crippen LogP contribution < -0.4 is 11.1 Å². The predicted octanol–water partition coefficient (Wildman–Crippen LogP) is 3.43. The molecule has 0 saturated carbocycles. The Labute approximate surface area is 194 Å². The van der Waals surface area contributed by atoms with Crippen LogP contribution in [0.2, 0.25) is 5.02 Å². The molecule has 0 unspecified atom stereocenters. The number of nitrogens with one attached hydrogen (secondary N) is 1. The standard InChI is InChI=1S/C24H23ClN4O4/c1-26-22(30)14-28-13-18(17-7-6-15(25)12-20(17)28)23(31)27-10-8-16(9-11-27)29-19-4-2-3-5-21(19)33-24(29)32/h2-7,12-13,16H,8-11,14H2,1H3,(H,26,30). The summed E-state index contributed by atoms with van der Waals surface area (Å²) >= 11 is 6.17. The van der Waals surface area contributed by atoms with Gasteiger partial charge in [-0.1, -0.05) is 29.8 Å². The van der Waals surface area contributed by atoms with Gasteiger partial charge in [0.05, 0.1) is 16.6 Å². The van der Waals surface area contributed by atoms with Gasteiger partial charge in [-0.15, -0.1) is 0 Å². The lowest BCUT2D eigenvalue weighted by molar-refractivity contribution is -0.121. The van der Waals surface area contributed by atoms with E-state index in [9.17, 15) is 14.4 Å². The van der Waals surface area contributed by atoms with Crippen molar-refractivity contribution in [2.45, 2.75) is 25.4 Å². The fourth-order valence-corrected chi connectivity index (χ4v) is 4.79. The molecular formula is C24H23ClN4O4. The molecule has 0 radical (unpaired) electrons. The molecule has 3 heterocycles. The molecule has 0 aliphatic carbocycles. The van der Waals surface area contributed by atoms with Crippen molar-refractivity contribution in [2.24, 2.45) is 0 Å². The number of rotatable bonds is 4. The van der Waals surface area contributed by atoms with E-state index >= 15 is 0 Å². The van der Waals surface area contributed by atoms with Crippen LogP contribution in [0.3, 0.4) is 0 Å². The largest absolute Gasteiger partial charge is 0.420 e.